The van der Waals surface area contributed by atoms with E-state index in [-0.39, 0.29) is 0 Å². The number of hydrogen-bond acceptors (Lipinski definition) is 1. The Balaban J connectivity index is 1.75. The van der Waals surface area contributed by atoms with Crippen molar-refractivity contribution >= 4 is 17.6 Å². The highest BCUT2D eigenvalue weighted by Crippen LogP contribution is 2.16. The zero-order chi connectivity index (χ0) is 13.5. The lowest BCUT2D eigenvalue weighted by atomic mass is 10.1. The molecule has 1 fully saturated rings. The fourth-order valence-corrected chi connectivity index (χ4v) is 2.62. The predicted octanol–water partition coefficient (Wildman–Crippen LogP) is 3.07. The number of likely N-dealkylation sites (tertiary alicyclic amines) is 1. The van der Waals surface area contributed by atoms with Crippen molar-refractivity contribution in [1.82, 2.24) is 4.90 Å². The fraction of sp³-hybridized carbons (Fsp3) is 0.533. The van der Waals surface area contributed by atoms with Crippen molar-refractivity contribution in [3.63, 3.8) is 0 Å². The van der Waals surface area contributed by atoms with E-state index in [1.54, 1.807) is 0 Å². The van der Waals surface area contributed by atoms with Gasteiger partial charge < -0.3 is 10.6 Å². The summed E-state index contributed by atoms with van der Waals surface area (Å²) >= 11 is 6.12. The number of aryl methyl sites for hydroxylation is 1. The number of nitrogens with zero attached hydrogens (tertiary/aromatic N) is 2. The first-order valence-electron chi connectivity index (χ1n) is 7.05. The molecular formula is C15H22ClN3. The summed E-state index contributed by atoms with van der Waals surface area (Å²) in [6.45, 7) is 2.88. The van der Waals surface area contributed by atoms with E-state index in [4.69, 9.17) is 17.3 Å². The van der Waals surface area contributed by atoms with Crippen LogP contribution < -0.4 is 5.73 Å². The molecule has 1 saturated heterocycles. The Morgan fingerprint density at radius 3 is 2.68 bits per heavy atom. The minimum Gasteiger partial charge on any atom is -0.370 e. The van der Waals surface area contributed by atoms with Gasteiger partial charge in [-0.1, -0.05) is 29.8 Å². The Morgan fingerprint density at radius 2 is 1.95 bits per heavy atom. The first-order valence-corrected chi connectivity index (χ1v) is 7.43. The highest BCUT2D eigenvalue weighted by atomic mass is 35.5. The summed E-state index contributed by atoms with van der Waals surface area (Å²) in [7, 11) is 0. The van der Waals surface area contributed by atoms with Crippen LogP contribution in [0.15, 0.2) is 29.3 Å². The second kappa shape index (κ2) is 7.39. The average Bonchev–Trinajstić information content (AvgIpc) is 2.46. The minimum atomic E-state index is 0.707. The van der Waals surface area contributed by atoms with Crippen molar-refractivity contribution in [2.75, 3.05) is 19.6 Å². The third kappa shape index (κ3) is 4.43. The van der Waals surface area contributed by atoms with E-state index < -0.39 is 0 Å². The van der Waals surface area contributed by atoms with Crippen LogP contribution in [0, 0.1) is 0 Å². The molecule has 1 aliphatic heterocycles. The van der Waals surface area contributed by atoms with Crippen LogP contribution in [0.2, 0.25) is 5.02 Å². The van der Waals surface area contributed by atoms with Crippen LogP contribution in [-0.2, 0) is 6.42 Å². The van der Waals surface area contributed by atoms with Crippen LogP contribution in [0.4, 0.5) is 0 Å². The molecule has 2 rings (SSSR count). The van der Waals surface area contributed by atoms with Crippen LogP contribution in [0.25, 0.3) is 0 Å². The highest BCUT2D eigenvalue weighted by Gasteiger charge is 2.11. The summed E-state index contributed by atoms with van der Waals surface area (Å²) < 4.78 is 0. The molecule has 2 N–H and O–H groups in total. The third-order valence-corrected chi connectivity index (χ3v) is 3.88. The van der Waals surface area contributed by atoms with E-state index >= 15 is 0 Å². The second-order valence-electron chi connectivity index (χ2n) is 4.98. The molecule has 0 bridgehead atoms. The topological polar surface area (TPSA) is 41.6 Å². The zero-order valence-corrected chi connectivity index (χ0v) is 12.1. The van der Waals surface area contributed by atoms with Gasteiger partial charge in [0.05, 0.1) is 0 Å². The van der Waals surface area contributed by atoms with E-state index in [0.29, 0.717) is 5.96 Å². The van der Waals surface area contributed by atoms with Crippen LogP contribution in [0.5, 0.6) is 0 Å². The number of guanidine groups is 1. The molecule has 1 aromatic rings. The molecule has 1 heterocycles. The average molecular weight is 280 g/mol. The number of aliphatic imine (C=N–C) groups is 1. The van der Waals surface area contributed by atoms with E-state index in [1.807, 2.05) is 18.2 Å². The monoisotopic (exact) mass is 279 g/mol. The molecule has 0 saturated carbocycles. The van der Waals surface area contributed by atoms with Crippen molar-refractivity contribution in [2.45, 2.75) is 32.1 Å². The molecule has 0 aliphatic carbocycles. The van der Waals surface area contributed by atoms with Crippen molar-refractivity contribution < 1.29 is 0 Å². The van der Waals surface area contributed by atoms with Crippen LogP contribution in [-0.4, -0.2) is 30.5 Å². The van der Waals surface area contributed by atoms with Crippen molar-refractivity contribution in [3.8, 4) is 0 Å². The van der Waals surface area contributed by atoms with Gasteiger partial charge in [0, 0.05) is 24.7 Å². The maximum Gasteiger partial charge on any atom is 0.191 e. The van der Waals surface area contributed by atoms with E-state index in [0.717, 1.165) is 37.5 Å². The Bertz CT molecular complexity index is 425. The molecule has 3 nitrogen and oxygen atoms in total. The number of rotatable bonds is 4. The van der Waals surface area contributed by atoms with Gasteiger partial charge in [0.2, 0.25) is 0 Å². The Hall–Kier alpha value is -1.22. The van der Waals surface area contributed by atoms with Crippen LogP contribution in [0.3, 0.4) is 0 Å². The molecule has 19 heavy (non-hydrogen) atoms. The Morgan fingerprint density at radius 1 is 1.21 bits per heavy atom. The minimum absolute atomic E-state index is 0.707. The van der Waals surface area contributed by atoms with Crippen molar-refractivity contribution in [1.29, 1.82) is 0 Å². The second-order valence-corrected chi connectivity index (χ2v) is 5.39. The quantitative estimate of drug-likeness (QED) is 0.523. The lowest BCUT2D eigenvalue weighted by Gasteiger charge is -2.27. The fourth-order valence-electron chi connectivity index (χ4n) is 2.39. The van der Waals surface area contributed by atoms with Crippen LogP contribution in [0.1, 0.15) is 31.2 Å². The van der Waals surface area contributed by atoms with Gasteiger partial charge in [-0.05, 0) is 43.7 Å². The normalized spacial score (nSPS) is 16.7. The van der Waals surface area contributed by atoms with Gasteiger partial charge in [0.1, 0.15) is 0 Å². The predicted molar refractivity (Wildman–Crippen MR) is 81.7 cm³/mol. The number of nitrogens with two attached hydrogens (primary N) is 1. The molecule has 0 radical (unpaired) electrons. The molecular weight excluding hydrogens is 258 g/mol. The summed E-state index contributed by atoms with van der Waals surface area (Å²) in [6.07, 6.45) is 5.72. The number of piperidine rings is 1. The standard InChI is InChI=1S/C15H22ClN3/c16-14-9-3-2-7-13(14)8-6-10-18-15(17)19-11-4-1-5-12-19/h2-3,7,9H,1,4-6,8,10-12H2,(H2,17,18). The maximum absolute atomic E-state index is 6.12. The molecule has 4 heteroatoms. The number of hydrogen-bond donors (Lipinski definition) is 1. The molecule has 1 aliphatic rings. The molecule has 0 spiro atoms. The summed E-state index contributed by atoms with van der Waals surface area (Å²) in [5.74, 6) is 0.707. The molecule has 0 amide bonds. The van der Waals surface area contributed by atoms with Gasteiger partial charge in [0.25, 0.3) is 0 Å². The van der Waals surface area contributed by atoms with Gasteiger partial charge in [-0.25, -0.2) is 0 Å². The van der Waals surface area contributed by atoms with Crippen molar-refractivity contribution in [2.24, 2.45) is 10.7 Å². The van der Waals surface area contributed by atoms with Gasteiger partial charge in [0.15, 0.2) is 5.96 Å². The molecule has 0 unspecified atom stereocenters. The number of halogens is 1. The van der Waals surface area contributed by atoms with E-state index in [9.17, 15) is 0 Å². The summed E-state index contributed by atoms with van der Waals surface area (Å²) in [5.41, 5.74) is 7.20. The number of benzene rings is 1. The third-order valence-electron chi connectivity index (χ3n) is 3.52. The van der Waals surface area contributed by atoms with E-state index in [2.05, 4.69) is 16.0 Å². The zero-order valence-electron chi connectivity index (χ0n) is 11.3. The lowest BCUT2D eigenvalue weighted by Crippen LogP contribution is -2.40. The first-order chi connectivity index (χ1) is 9.27. The first kappa shape index (κ1) is 14.2. The molecule has 1 aromatic carbocycles. The molecule has 0 aromatic heterocycles. The van der Waals surface area contributed by atoms with Gasteiger partial charge in [-0.2, -0.15) is 0 Å². The Labute approximate surface area is 120 Å². The smallest absolute Gasteiger partial charge is 0.191 e. The summed E-state index contributed by atoms with van der Waals surface area (Å²) in [4.78, 5) is 6.66. The SMILES string of the molecule is NC(=NCCCc1ccccc1Cl)N1CCCCC1. The Kier molecular flexibility index (Phi) is 5.52. The van der Waals surface area contributed by atoms with Gasteiger partial charge in [-0.3, -0.25) is 4.99 Å². The van der Waals surface area contributed by atoms with E-state index in [1.165, 1.54) is 24.8 Å². The van der Waals surface area contributed by atoms with Crippen molar-refractivity contribution in [3.05, 3.63) is 34.9 Å². The molecule has 104 valence electrons. The van der Waals surface area contributed by atoms with Gasteiger partial charge >= 0.3 is 0 Å². The molecule has 0 atom stereocenters. The lowest BCUT2D eigenvalue weighted by molar-refractivity contribution is 0.338. The van der Waals surface area contributed by atoms with Gasteiger partial charge in [-0.15, -0.1) is 0 Å². The maximum atomic E-state index is 6.12. The largest absolute Gasteiger partial charge is 0.370 e. The van der Waals surface area contributed by atoms with Crippen LogP contribution >= 0.6 is 11.6 Å². The summed E-state index contributed by atoms with van der Waals surface area (Å²) in [5, 5.41) is 0.843. The summed E-state index contributed by atoms with van der Waals surface area (Å²) in [6, 6.07) is 7.98. The highest BCUT2D eigenvalue weighted by molar-refractivity contribution is 6.31.